The smallest absolute Gasteiger partial charge is 0.269 e. The van der Waals surface area contributed by atoms with Crippen molar-refractivity contribution in [3.05, 3.63) is 58.6 Å². The molecule has 0 aliphatic heterocycles. The van der Waals surface area contributed by atoms with Crippen molar-refractivity contribution in [1.82, 2.24) is 10.9 Å². The van der Waals surface area contributed by atoms with Crippen molar-refractivity contribution < 1.29 is 19.1 Å². The second-order valence-electron chi connectivity index (χ2n) is 5.85. The van der Waals surface area contributed by atoms with Crippen LogP contribution in [0.4, 0.5) is 0 Å². The summed E-state index contributed by atoms with van der Waals surface area (Å²) in [5.74, 6) is 0.300. The van der Waals surface area contributed by atoms with Gasteiger partial charge in [-0.15, -0.1) is 0 Å². The van der Waals surface area contributed by atoms with Crippen LogP contribution in [0.3, 0.4) is 0 Å². The average Bonchev–Trinajstić information content (AvgIpc) is 2.68. The molecule has 0 fully saturated rings. The van der Waals surface area contributed by atoms with Crippen molar-refractivity contribution in [1.29, 1.82) is 0 Å². The van der Waals surface area contributed by atoms with Gasteiger partial charge in [0.1, 0.15) is 0 Å². The Morgan fingerprint density at radius 2 is 1.89 bits per heavy atom. The summed E-state index contributed by atoms with van der Waals surface area (Å²) < 4.78 is 10.8. The molecule has 2 amide bonds. The Labute approximate surface area is 163 Å². The third-order valence-corrected chi connectivity index (χ3v) is 3.97. The fourth-order valence-corrected chi connectivity index (χ4v) is 2.56. The molecule has 0 saturated carbocycles. The first-order chi connectivity index (χ1) is 13.0. The lowest BCUT2D eigenvalue weighted by molar-refractivity contribution is -0.121. The molecule has 0 saturated heterocycles. The number of hydrogen-bond acceptors (Lipinski definition) is 4. The Balaban J connectivity index is 1.86. The molecule has 0 bridgehead atoms. The van der Waals surface area contributed by atoms with E-state index in [-0.39, 0.29) is 12.3 Å². The van der Waals surface area contributed by atoms with E-state index in [1.807, 2.05) is 25.1 Å². The maximum absolute atomic E-state index is 12.2. The van der Waals surface area contributed by atoms with Gasteiger partial charge in [-0.1, -0.05) is 30.7 Å². The van der Waals surface area contributed by atoms with Crippen LogP contribution in [-0.2, 0) is 11.2 Å². The number of nitrogens with one attached hydrogen (secondary N) is 2. The van der Waals surface area contributed by atoms with Crippen LogP contribution in [0, 0.1) is 0 Å². The quantitative estimate of drug-likeness (QED) is 0.676. The third kappa shape index (κ3) is 6.49. The summed E-state index contributed by atoms with van der Waals surface area (Å²) in [5.41, 5.74) is 6.12. The zero-order chi connectivity index (χ0) is 19.6. The van der Waals surface area contributed by atoms with Gasteiger partial charge in [0, 0.05) is 17.0 Å². The molecular formula is C20H23ClN2O4. The van der Waals surface area contributed by atoms with E-state index >= 15 is 0 Å². The molecule has 7 heteroatoms. The van der Waals surface area contributed by atoms with Gasteiger partial charge in [-0.05, 0) is 48.7 Å². The van der Waals surface area contributed by atoms with Crippen molar-refractivity contribution in [3.63, 3.8) is 0 Å². The number of methoxy groups -OCH3 is 1. The number of halogens is 1. The van der Waals surface area contributed by atoms with E-state index in [1.165, 1.54) is 7.11 Å². The van der Waals surface area contributed by atoms with Crippen molar-refractivity contribution in [2.24, 2.45) is 0 Å². The lowest BCUT2D eigenvalue weighted by Gasteiger charge is -2.12. The number of benzene rings is 2. The Morgan fingerprint density at radius 3 is 2.59 bits per heavy atom. The van der Waals surface area contributed by atoms with Crippen molar-refractivity contribution in [2.45, 2.75) is 26.2 Å². The second-order valence-corrected chi connectivity index (χ2v) is 6.28. The molecular weight excluding hydrogens is 368 g/mol. The van der Waals surface area contributed by atoms with Gasteiger partial charge in [0.05, 0.1) is 13.7 Å². The molecule has 2 N–H and O–H groups in total. The molecule has 0 aromatic heterocycles. The number of ether oxygens (including phenoxy) is 2. The van der Waals surface area contributed by atoms with Crippen molar-refractivity contribution >= 4 is 23.4 Å². The summed E-state index contributed by atoms with van der Waals surface area (Å²) in [6.07, 6.45) is 1.62. The van der Waals surface area contributed by atoms with E-state index < -0.39 is 5.91 Å². The maximum atomic E-state index is 12.2. The molecule has 27 heavy (non-hydrogen) atoms. The first-order valence-electron chi connectivity index (χ1n) is 8.68. The largest absolute Gasteiger partial charge is 0.493 e. The summed E-state index contributed by atoms with van der Waals surface area (Å²) >= 11 is 5.92. The summed E-state index contributed by atoms with van der Waals surface area (Å²) in [5, 5.41) is 0.626. The molecule has 0 heterocycles. The number of hydrogen-bond donors (Lipinski definition) is 2. The monoisotopic (exact) mass is 390 g/mol. The van der Waals surface area contributed by atoms with Crippen LogP contribution in [0.1, 0.15) is 35.7 Å². The fourth-order valence-electron chi connectivity index (χ4n) is 2.35. The van der Waals surface area contributed by atoms with E-state index in [4.69, 9.17) is 21.1 Å². The molecule has 0 atom stereocenters. The normalized spacial score (nSPS) is 10.2. The zero-order valence-electron chi connectivity index (χ0n) is 15.4. The molecule has 6 nitrogen and oxygen atoms in total. The average molecular weight is 391 g/mol. The Kier molecular flexibility index (Phi) is 7.95. The molecule has 0 spiro atoms. The number of carbonyl (C=O) groups is 2. The number of hydrazine groups is 1. The van der Waals surface area contributed by atoms with Gasteiger partial charge < -0.3 is 9.47 Å². The lowest BCUT2D eigenvalue weighted by atomic mass is 10.1. The summed E-state index contributed by atoms with van der Waals surface area (Å²) in [4.78, 5) is 24.2. The van der Waals surface area contributed by atoms with Crippen molar-refractivity contribution in [2.75, 3.05) is 13.7 Å². The second kappa shape index (κ2) is 10.4. The Morgan fingerprint density at radius 1 is 1.07 bits per heavy atom. The van der Waals surface area contributed by atoms with Gasteiger partial charge in [-0.3, -0.25) is 20.4 Å². The first-order valence-corrected chi connectivity index (χ1v) is 9.05. The predicted molar refractivity (Wildman–Crippen MR) is 104 cm³/mol. The van der Waals surface area contributed by atoms with E-state index in [0.717, 1.165) is 12.0 Å². The molecule has 144 valence electrons. The highest BCUT2D eigenvalue weighted by atomic mass is 35.5. The Bertz CT molecular complexity index is 795. The molecule has 0 aliphatic rings. The molecule has 0 aliphatic carbocycles. The summed E-state index contributed by atoms with van der Waals surface area (Å²) in [6, 6.07) is 12.2. The van der Waals surface area contributed by atoms with Crippen LogP contribution in [0.2, 0.25) is 5.02 Å². The highest BCUT2D eigenvalue weighted by molar-refractivity contribution is 6.30. The molecule has 2 aromatic carbocycles. The standard InChI is InChI=1S/C20H23ClN2O4/c1-3-11-27-17-9-8-15(13-18(17)26-2)20(25)23-22-19(24)10-7-14-5-4-6-16(21)12-14/h4-6,8-9,12-13H,3,7,10-11H2,1-2H3,(H,22,24)(H,23,25). The SMILES string of the molecule is CCCOc1ccc(C(=O)NNC(=O)CCc2cccc(Cl)c2)cc1OC. The highest BCUT2D eigenvalue weighted by Gasteiger charge is 2.12. The molecule has 2 rings (SSSR count). The minimum Gasteiger partial charge on any atom is -0.493 e. The number of amides is 2. The minimum absolute atomic E-state index is 0.230. The van der Waals surface area contributed by atoms with Crippen LogP contribution in [-0.4, -0.2) is 25.5 Å². The third-order valence-electron chi connectivity index (χ3n) is 3.73. The molecule has 2 aromatic rings. The lowest BCUT2D eigenvalue weighted by Crippen LogP contribution is -2.41. The van der Waals surface area contributed by atoms with Crippen molar-refractivity contribution in [3.8, 4) is 11.5 Å². The minimum atomic E-state index is -0.438. The van der Waals surface area contributed by atoms with E-state index in [0.29, 0.717) is 35.1 Å². The van der Waals surface area contributed by atoms with Gasteiger partial charge >= 0.3 is 0 Å². The van der Waals surface area contributed by atoms with Crippen LogP contribution in [0.15, 0.2) is 42.5 Å². The Hall–Kier alpha value is -2.73. The number of rotatable bonds is 8. The summed E-state index contributed by atoms with van der Waals surface area (Å²) in [7, 11) is 1.51. The predicted octanol–water partition coefficient (Wildman–Crippen LogP) is 3.53. The van der Waals surface area contributed by atoms with Gasteiger partial charge in [0.2, 0.25) is 5.91 Å². The van der Waals surface area contributed by atoms with Gasteiger partial charge in [-0.2, -0.15) is 0 Å². The number of aryl methyl sites for hydroxylation is 1. The van der Waals surface area contributed by atoms with Gasteiger partial charge in [0.15, 0.2) is 11.5 Å². The van der Waals surface area contributed by atoms with Gasteiger partial charge in [-0.25, -0.2) is 0 Å². The van der Waals surface area contributed by atoms with Crippen LogP contribution in [0.5, 0.6) is 11.5 Å². The van der Waals surface area contributed by atoms with E-state index in [2.05, 4.69) is 10.9 Å². The fraction of sp³-hybridized carbons (Fsp3) is 0.300. The molecule has 0 unspecified atom stereocenters. The molecule has 0 radical (unpaired) electrons. The van der Waals surface area contributed by atoms with Gasteiger partial charge in [0.25, 0.3) is 5.91 Å². The summed E-state index contributed by atoms with van der Waals surface area (Å²) in [6.45, 7) is 2.56. The van der Waals surface area contributed by atoms with Crippen LogP contribution < -0.4 is 20.3 Å². The van der Waals surface area contributed by atoms with E-state index in [9.17, 15) is 9.59 Å². The first kappa shape index (κ1) is 20.6. The zero-order valence-corrected chi connectivity index (χ0v) is 16.1. The number of carbonyl (C=O) groups excluding carboxylic acids is 2. The maximum Gasteiger partial charge on any atom is 0.269 e. The van der Waals surface area contributed by atoms with Crippen LogP contribution >= 0.6 is 11.6 Å². The highest BCUT2D eigenvalue weighted by Crippen LogP contribution is 2.28. The van der Waals surface area contributed by atoms with Crippen LogP contribution in [0.25, 0.3) is 0 Å². The topological polar surface area (TPSA) is 76.7 Å². The van der Waals surface area contributed by atoms with E-state index in [1.54, 1.807) is 24.3 Å².